The molecule has 0 bridgehead atoms. The average molecular weight is 508 g/mol. The molecule has 1 amide bonds. The summed E-state index contributed by atoms with van der Waals surface area (Å²) >= 11 is 9.51. The van der Waals surface area contributed by atoms with Crippen LogP contribution in [0.5, 0.6) is 0 Å². The van der Waals surface area contributed by atoms with Crippen molar-refractivity contribution in [2.75, 3.05) is 24.6 Å². The minimum Gasteiger partial charge on any atom is -0.396 e. The predicted octanol–water partition coefficient (Wildman–Crippen LogP) is 2.91. The third-order valence-electron chi connectivity index (χ3n) is 5.80. The number of carbonyl (C=O) groups is 1. The largest absolute Gasteiger partial charge is 0.396 e. The van der Waals surface area contributed by atoms with E-state index in [1.54, 1.807) is 12.1 Å². The summed E-state index contributed by atoms with van der Waals surface area (Å²) in [5.74, 6) is 0.608. The highest BCUT2D eigenvalue weighted by molar-refractivity contribution is 9.10. The van der Waals surface area contributed by atoms with Gasteiger partial charge in [-0.3, -0.25) is 4.79 Å². The number of rotatable bonds is 6. The number of piperidine rings is 1. The molecular weight excluding hydrogens is 484 g/mol. The fraction of sp³-hybridized carbons (Fsp3) is 0.381. The number of fused-ring (bicyclic) bond motifs is 1. The van der Waals surface area contributed by atoms with Gasteiger partial charge in [-0.1, -0.05) is 23.7 Å². The fourth-order valence-electron chi connectivity index (χ4n) is 3.94. The molecule has 1 unspecified atom stereocenters. The highest BCUT2D eigenvalue weighted by atomic mass is 79.9. The monoisotopic (exact) mass is 506 g/mol. The zero-order valence-electron chi connectivity index (χ0n) is 16.8. The molecule has 8 nitrogen and oxygen atoms in total. The summed E-state index contributed by atoms with van der Waals surface area (Å²) in [5.41, 5.74) is 7.19. The topological polar surface area (TPSA) is 120 Å². The molecule has 10 heteroatoms. The number of hydrogen-bond acceptors (Lipinski definition) is 6. The summed E-state index contributed by atoms with van der Waals surface area (Å²) in [6.07, 6.45) is 4.74. The number of benzene rings is 1. The molecule has 1 aromatic carbocycles. The lowest BCUT2D eigenvalue weighted by Crippen LogP contribution is -2.60. The fourth-order valence-corrected chi connectivity index (χ4v) is 4.55. The predicted molar refractivity (Wildman–Crippen MR) is 124 cm³/mol. The van der Waals surface area contributed by atoms with E-state index < -0.39 is 5.54 Å². The van der Waals surface area contributed by atoms with E-state index in [9.17, 15) is 9.90 Å². The van der Waals surface area contributed by atoms with E-state index in [4.69, 9.17) is 17.3 Å². The van der Waals surface area contributed by atoms with Gasteiger partial charge in [-0.25, -0.2) is 9.97 Å². The first-order valence-corrected chi connectivity index (χ1v) is 11.3. The Balaban J connectivity index is 1.46. The zero-order valence-corrected chi connectivity index (χ0v) is 19.2. The first-order valence-electron chi connectivity index (χ1n) is 10.1. The summed E-state index contributed by atoms with van der Waals surface area (Å²) in [6, 6.07) is 6.91. The van der Waals surface area contributed by atoms with Crippen molar-refractivity contribution in [3.63, 3.8) is 0 Å². The number of halogens is 2. The van der Waals surface area contributed by atoms with Crippen molar-refractivity contribution in [3.05, 3.63) is 51.8 Å². The maximum absolute atomic E-state index is 13.1. The minimum atomic E-state index is -0.988. The van der Waals surface area contributed by atoms with Crippen molar-refractivity contribution in [2.24, 2.45) is 5.73 Å². The van der Waals surface area contributed by atoms with E-state index >= 15 is 0 Å². The molecule has 1 aliphatic heterocycles. The number of aromatic nitrogens is 3. The van der Waals surface area contributed by atoms with Crippen LogP contribution in [-0.4, -0.2) is 51.2 Å². The SMILES string of the molecule is NC1(C(=O)NC(CCO)c2ccc(Cl)cc2)CCN(c2ncnc3[nH]cc(Br)c23)CC1. The molecule has 0 aliphatic carbocycles. The Hall–Kier alpha value is -2.20. The van der Waals surface area contributed by atoms with Gasteiger partial charge < -0.3 is 26.0 Å². The summed E-state index contributed by atoms with van der Waals surface area (Å²) in [6.45, 7) is 1.15. The lowest BCUT2D eigenvalue weighted by atomic mass is 9.87. The number of nitrogens with one attached hydrogen (secondary N) is 2. The normalized spacial score (nSPS) is 17.0. The summed E-state index contributed by atoms with van der Waals surface area (Å²) < 4.78 is 0.898. The van der Waals surface area contributed by atoms with Crippen LogP contribution in [0.4, 0.5) is 5.82 Å². The van der Waals surface area contributed by atoms with E-state index in [0.717, 1.165) is 26.9 Å². The van der Waals surface area contributed by atoms with E-state index in [1.165, 1.54) is 6.33 Å². The van der Waals surface area contributed by atoms with Crippen molar-refractivity contribution >= 4 is 50.3 Å². The first kappa shape index (κ1) is 22.0. The molecule has 2 aromatic heterocycles. The number of hydrogen-bond donors (Lipinski definition) is 4. The molecule has 1 atom stereocenters. The molecule has 1 aliphatic rings. The van der Waals surface area contributed by atoms with Gasteiger partial charge in [-0.15, -0.1) is 0 Å². The second-order valence-corrected chi connectivity index (χ2v) is 9.08. The van der Waals surface area contributed by atoms with Crippen molar-refractivity contribution in [3.8, 4) is 0 Å². The van der Waals surface area contributed by atoms with Crippen molar-refractivity contribution in [1.82, 2.24) is 20.3 Å². The Bertz CT molecular complexity index is 1070. The second kappa shape index (κ2) is 9.12. The van der Waals surface area contributed by atoms with Gasteiger partial charge >= 0.3 is 0 Å². The van der Waals surface area contributed by atoms with Gasteiger partial charge in [0, 0.05) is 35.4 Å². The molecule has 0 saturated carbocycles. The molecule has 0 spiro atoms. The van der Waals surface area contributed by atoms with Crippen LogP contribution in [0, 0.1) is 0 Å². The second-order valence-electron chi connectivity index (χ2n) is 7.79. The maximum Gasteiger partial charge on any atom is 0.240 e. The molecule has 0 radical (unpaired) electrons. The smallest absolute Gasteiger partial charge is 0.240 e. The van der Waals surface area contributed by atoms with Crippen LogP contribution in [0.25, 0.3) is 11.0 Å². The van der Waals surface area contributed by atoms with Crippen molar-refractivity contribution < 1.29 is 9.90 Å². The van der Waals surface area contributed by atoms with Gasteiger partial charge in [-0.2, -0.15) is 0 Å². The van der Waals surface area contributed by atoms with Gasteiger partial charge in [-0.05, 0) is 52.9 Å². The third-order valence-corrected chi connectivity index (χ3v) is 6.68. The zero-order chi connectivity index (χ0) is 22.0. The number of aliphatic hydroxyl groups excluding tert-OH is 1. The number of aromatic amines is 1. The van der Waals surface area contributed by atoms with Gasteiger partial charge in [0.15, 0.2) is 0 Å². The standard InChI is InChI=1S/C21H24BrClN6O2/c22-15-11-25-18-17(15)19(27-12-26-18)29-8-6-21(24,7-9-29)20(31)28-16(5-10-30)13-1-3-14(23)4-2-13/h1-4,11-12,16,30H,5-10,24H2,(H,28,31)(H,25,26,27). The van der Waals surface area contributed by atoms with Crippen LogP contribution in [-0.2, 0) is 4.79 Å². The minimum absolute atomic E-state index is 0.0474. The lowest BCUT2D eigenvalue weighted by Gasteiger charge is -2.39. The first-order chi connectivity index (χ1) is 14.9. The Morgan fingerprint density at radius 3 is 2.71 bits per heavy atom. The number of nitrogens with two attached hydrogens (primary N) is 1. The van der Waals surface area contributed by atoms with Gasteiger partial charge in [0.2, 0.25) is 5.91 Å². The van der Waals surface area contributed by atoms with Gasteiger partial charge in [0.05, 0.1) is 17.0 Å². The summed E-state index contributed by atoms with van der Waals surface area (Å²) in [5, 5.41) is 14.0. The van der Waals surface area contributed by atoms with Crippen LogP contribution in [0.1, 0.15) is 30.9 Å². The maximum atomic E-state index is 13.1. The third kappa shape index (κ3) is 4.55. The Labute approximate surface area is 193 Å². The molecule has 1 saturated heterocycles. The highest BCUT2D eigenvalue weighted by Gasteiger charge is 2.39. The summed E-state index contributed by atoms with van der Waals surface area (Å²) in [4.78, 5) is 27.1. The quantitative estimate of drug-likeness (QED) is 0.407. The van der Waals surface area contributed by atoms with Crippen LogP contribution >= 0.6 is 27.5 Å². The molecule has 164 valence electrons. The molecule has 31 heavy (non-hydrogen) atoms. The molecule has 4 rings (SSSR count). The van der Waals surface area contributed by atoms with Crippen LogP contribution in [0.2, 0.25) is 5.02 Å². The Kier molecular flexibility index (Phi) is 6.47. The number of aliphatic hydroxyl groups is 1. The lowest BCUT2D eigenvalue weighted by molar-refractivity contribution is -0.128. The molecule has 3 heterocycles. The number of anilines is 1. The highest BCUT2D eigenvalue weighted by Crippen LogP contribution is 2.33. The average Bonchev–Trinajstić information content (AvgIpc) is 3.16. The van der Waals surface area contributed by atoms with Crippen LogP contribution in [0.3, 0.4) is 0 Å². The molecular formula is C21H24BrClN6O2. The number of nitrogens with zero attached hydrogens (tertiary/aromatic N) is 3. The van der Waals surface area contributed by atoms with E-state index in [0.29, 0.717) is 37.4 Å². The molecule has 3 aromatic rings. The van der Waals surface area contributed by atoms with Gasteiger partial charge in [0.25, 0.3) is 0 Å². The van der Waals surface area contributed by atoms with E-state index in [2.05, 4.69) is 41.1 Å². The van der Waals surface area contributed by atoms with Gasteiger partial charge in [0.1, 0.15) is 17.8 Å². The Morgan fingerprint density at radius 2 is 2.03 bits per heavy atom. The van der Waals surface area contributed by atoms with E-state index in [1.807, 2.05) is 18.3 Å². The Morgan fingerprint density at radius 1 is 1.32 bits per heavy atom. The summed E-state index contributed by atoms with van der Waals surface area (Å²) in [7, 11) is 0. The van der Waals surface area contributed by atoms with Crippen LogP contribution in [0.15, 0.2) is 41.3 Å². The van der Waals surface area contributed by atoms with Crippen molar-refractivity contribution in [1.29, 1.82) is 0 Å². The molecule has 1 fully saturated rings. The number of H-pyrrole nitrogens is 1. The number of carbonyl (C=O) groups excluding carboxylic acids is 1. The van der Waals surface area contributed by atoms with Crippen LogP contribution < -0.4 is 16.0 Å². The number of amides is 1. The molecule has 5 N–H and O–H groups in total. The van der Waals surface area contributed by atoms with E-state index in [-0.39, 0.29) is 18.6 Å². The van der Waals surface area contributed by atoms with Crippen molar-refractivity contribution in [2.45, 2.75) is 30.8 Å².